The fraction of sp³-hybridized carbons (Fsp3) is 0.357. The number of aryl methyl sites for hydroxylation is 4. The number of carboxylic acids is 1. The van der Waals surface area contributed by atoms with E-state index >= 15 is 0 Å². The van der Waals surface area contributed by atoms with Crippen LogP contribution in [0.15, 0.2) is 11.1 Å². The number of pyridine rings is 1. The fourth-order valence-electron chi connectivity index (χ4n) is 2.14. The van der Waals surface area contributed by atoms with Crippen LogP contribution in [0.25, 0.3) is 0 Å². The van der Waals surface area contributed by atoms with Crippen molar-refractivity contribution in [1.29, 1.82) is 0 Å². The van der Waals surface area contributed by atoms with Crippen LogP contribution in [0.4, 0.5) is 0 Å². The average molecular weight is 326 g/mol. The standard InChI is InChI=1S/C14H16ClN3O2S/c1-7-5-8(2)16-13(11(7)14(19)20)21-6-10-12(15)9(3)17-18(10)4/h5H,6H2,1-4H3,(H,19,20). The molecule has 0 atom stereocenters. The maximum absolute atomic E-state index is 11.4. The number of hydrogen-bond donors (Lipinski definition) is 1. The molecule has 0 bridgehead atoms. The Kier molecular flexibility index (Phi) is 4.58. The van der Waals surface area contributed by atoms with E-state index in [4.69, 9.17) is 11.6 Å². The van der Waals surface area contributed by atoms with Crippen molar-refractivity contribution in [2.45, 2.75) is 31.6 Å². The van der Waals surface area contributed by atoms with Gasteiger partial charge in [-0.25, -0.2) is 9.78 Å². The molecule has 0 saturated carbocycles. The number of halogens is 1. The molecule has 2 heterocycles. The lowest BCUT2D eigenvalue weighted by Gasteiger charge is -2.09. The minimum Gasteiger partial charge on any atom is -0.478 e. The second-order valence-corrected chi connectivity index (χ2v) is 6.17. The molecule has 112 valence electrons. The lowest BCUT2D eigenvalue weighted by atomic mass is 10.1. The van der Waals surface area contributed by atoms with Crippen molar-refractivity contribution in [3.8, 4) is 0 Å². The molecular weight excluding hydrogens is 310 g/mol. The molecule has 0 aliphatic heterocycles. The van der Waals surface area contributed by atoms with Crippen LogP contribution in [-0.4, -0.2) is 25.8 Å². The van der Waals surface area contributed by atoms with E-state index in [1.165, 1.54) is 11.8 Å². The summed E-state index contributed by atoms with van der Waals surface area (Å²) in [7, 11) is 1.82. The first kappa shape index (κ1) is 15.9. The normalized spacial score (nSPS) is 10.9. The minimum absolute atomic E-state index is 0.251. The Labute approximate surface area is 132 Å². The van der Waals surface area contributed by atoms with Crippen molar-refractivity contribution in [3.63, 3.8) is 0 Å². The molecule has 0 unspecified atom stereocenters. The van der Waals surface area contributed by atoms with Crippen LogP contribution in [0.2, 0.25) is 5.02 Å². The quantitative estimate of drug-likeness (QED) is 0.873. The molecule has 0 amide bonds. The molecule has 2 aromatic heterocycles. The third-order valence-corrected chi connectivity index (χ3v) is 4.61. The second kappa shape index (κ2) is 6.07. The van der Waals surface area contributed by atoms with Crippen LogP contribution in [0.1, 0.15) is 33.0 Å². The number of aromatic carboxylic acids is 1. The number of carboxylic acid groups (broad SMARTS) is 1. The summed E-state index contributed by atoms with van der Waals surface area (Å²) in [6, 6.07) is 1.77. The number of carbonyl (C=O) groups is 1. The van der Waals surface area contributed by atoms with Gasteiger partial charge in [-0.05, 0) is 32.4 Å². The van der Waals surface area contributed by atoms with Gasteiger partial charge in [0.05, 0.1) is 22.0 Å². The van der Waals surface area contributed by atoms with Crippen molar-refractivity contribution in [2.75, 3.05) is 0 Å². The Hall–Kier alpha value is -1.53. The number of thioether (sulfide) groups is 1. The molecule has 0 aliphatic rings. The largest absolute Gasteiger partial charge is 0.478 e. The highest BCUT2D eigenvalue weighted by Crippen LogP contribution is 2.30. The zero-order valence-corrected chi connectivity index (χ0v) is 13.8. The highest BCUT2D eigenvalue weighted by molar-refractivity contribution is 7.98. The van der Waals surface area contributed by atoms with E-state index in [-0.39, 0.29) is 5.56 Å². The number of aromatic nitrogens is 3. The van der Waals surface area contributed by atoms with Crippen molar-refractivity contribution < 1.29 is 9.90 Å². The molecule has 0 saturated heterocycles. The first-order valence-corrected chi connectivity index (χ1v) is 7.70. The summed E-state index contributed by atoms with van der Waals surface area (Å²) < 4.78 is 1.72. The van der Waals surface area contributed by atoms with Crippen molar-refractivity contribution in [1.82, 2.24) is 14.8 Å². The van der Waals surface area contributed by atoms with E-state index in [1.54, 1.807) is 17.7 Å². The Bertz CT molecular complexity index is 713. The van der Waals surface area contributed by atoms with Gasteiger partial charge in [0.1, 0.15) is 5.03 Å². The van der Waals surface area contributed by atoms with E-state index in [9.17, 15) is 9.90 Å². The van der Waals surface area contributed by atoms with E-state index < -0.39 is 5.97 Å². The van der Waals surface area contributed by atoms with Crippen LogP contribution in [0.3, 0.4) is 0 Å². The summed E-state index contributed by atoms with van der Waals surface area (Å²) in [5.74, 6) is -0.443. The molecule has 0 aliphatic carbocycles. The van der Waals surface area contributed by atoms with Gasteiger partial charge in [-0.3, -0.25) is 4.68 Å². The fourth-order valence-corrected chi connectivity index (χ4v) is 3.65. The van der Waals surface area contributed by atoms with Crippen LogP contribution >= 0.6 is 23.4 Å². The van der Waals surface area contributed by atoms with Crippen molar-refractivity contribution >= 4 is 29.3 Å². The smallest absolute Gasteiger partial charge is 0.338 e. The topological polar surface area (TPSA) is 68.0 Å². The van der Waals surface area contributed by atoms with Crippen LogP contribution < -0.4 is 0 Å². The summed E-state index contributed by atoms with van der Waals surface area (Å²) in [6.07, 6.45) is 0. The highest BCUT2D eigenvalue weighted by Gasteiger charge is 2.18. The predicted molar refractivity (Wildman–Crippen MR) is 83.2 cm³/mol. The highest BCUT2D eigenvalue weighted by atomic mass is 35.5. The zero-order valence-electron chi connectivity index (χ0n) is 12.3. The second-order valence-electron chi connectivity index (χ2n) is 4.82. The molecule has 0 aromatic carbocycles. The molecule has 5 nitrogen and oxygen atoms in total. The van der Waals surface area contributed by atoms with E-state index in [1.807, 2.05) is 20.9 Å². The third kappa shape index (κ3) is 3.22. The molecule has 0 fully saturated rings. The van der Waals surface area contributed by atoms with Gasteiger partial charge < -0.3 is 5.11 Å². The Morgan fingerprint density at radius 1 is 1.43 bits per heavy atom. The Morgan fingerprint density at radius 2 is 2.10 bits per heavy atom. The summed E-state index contributed by atoms with van der Waals surface area (Å²) in [6.45, 7) is 5.47. The maximum atomic E-state index is 11.4. The van der Waals surface area contributed by atoms with Crippen LogP contribution in [0.5, 0.6) is 0 Å². The van der Waals surface area contributed by atoms with Gasteiger partial charge in [-0.2, -0.15) is 5.10 Å². The summed E-state index contributed by atoms with van der Waals surface area (Å²) in [5.41, 5.74) is 3.38. The molecule has 2 rings (SSSR count). The summed E-state index contributed by atoms with van der Waals surface area (Å²) in [5, 5.41) is 14.7. The number of hydrogen-bond acceptors (Lipinski definition) is 4. The Morgan fingerprint density at radius 3 is 2.62 bits per heavy atom. The van der Waals surface area contributed by atoms with Crippen LogP contribution in [0, 0.1) is 20.8 Å². The van der Waals surface area contributed by atoms with E-state index in [2.05, 4.69) is 10.1 Å². The van der Waals surface area contributed by atoms with Gasteiger partial charge in [0.15, 0.2) is 0 Å². The average Bonchev–Trinajstić information content (AvgIpc) is 2.59. The molecule has 1 N–H and O–H groups in total. The van der Waals surface area contributed by atoms with Gasteiger partial charge in [0.25, 0.3) is 0 Å². The van der Waals surface area contributed by atoms with Gasteiger partial charge in [0.2, 0.25) is 0 Å². The van der Waals surface area contributed by atoms with Gasteiger partial charge in [-0.15, -0.1) is 0 Å². The lowest BCUT2D eigenvalue weighted by molar-refractivity contribution is 0.0691. The predicted octanol–water partition coefficient (Wildman–Crippen LogP) is 3.38. The van der Waals surface area contributed by atoms with Gasteiger partial charge in [-0.1, -0.05) is 23.4 Å². The lowest BCUT2D eigenvalue weighted by Crippen LogP contribution is -2.06. The van der Waals surface area contributed by atoms with Gasteiger partial charge in [0, 0.05) is 18.5 Å². The molecule has 0 spiro atoms. The van der Waals surface area contributed by atoms with Gasteiger partial charge >= 0.3 is 5.97 Å². The van der Waals surface area contributed by atoms with Crippen molar-refractivity contribution in [3.05, 3.63) is 39.3 Å². The summed E-state index contributed by atoms with van der Waals surface area (Å²) in [4.78, 5) is 15.8. The third-order valence-electron chi connectivity index (χ3n) is 3.13. The molecule has 21 heavy (non-hydrogen) atoms. The summed E-state index contributed by atoms with van der Waals surface area (Å²) >= 11 is 7.57. The zero-order chi connectivity index (χ0) is 15.7. The molecule has 2 aromatic rings. The van der Waals surface area contributed by atoms with E-state index in [0.717, 1.165) is 17.1 Å². The SMILES string of the molecule is Cc1cc(C)c(C(=O)O)c(SCc2c(Cl)c(C)nn2C)n1. The monoisotopic (exact) mass is 325 g/mol. The maximum Gasteiger partial charge on any atom is 0.338 e. The first-order valence-electron chi connectivity index (χ1n) is 6.33. The van der Waals surface area contributed by atoms with E-state index in [0.29, 0.717) is 21.4 Å². The van der Waals surface area contributed by atoms with Crippen LogP contribution in [-0.2, 0) is 12.8 Å². The Balaban J connectivity index is 2.34. The number of rotatable bonds is 4. The number of nitrogens with zero attached hydrogens (tertiary/aromatic N) is 3. The first-order chi connectivity index (χ1) is 9.81. The van der Waals surface area contributed by atoms with Crippen molar-refractivity contribution in [2.24, 2.45) is 7.05 Å². The molecule has 0 radical (unpaired) electrons. The minimum atomic E-state index is -0.963. The molecular formula is C14H16ClN3O2S. The molecule has 7 heteroatoms.